The van der Waals surface area contributed by atoms with Crippen molar-refractivity contribution in [1.82, 2.24) is 5.43 Å². The molecule has 4 rings (SSSR count). The van der Waals surface area contributed by atoms with Gasteiger partial charge in [-0.2, -0.15) is 5.10 Å². The highest BCUT2D eigenvalue weighted by Gasteiger charge is 2.31. The van der Waals surface area contributed by atoms with E-state index in [0.717, 1.165) is 10.8 Å². The van der Waals surface area contributed by atoms with Crippen molar-refractivity contribution in [2.75, 3.05) is 0 Å². The van der Waals surface area contributed by atoms with Gasteiger partial charge in [0.15, 0.2) is 0 Å². The number of alkyl halides is 3. The van der Waals surface area contributed by atoms with Crippen LogP contribution in [0.3, 0.4) is 0 Å². The number of halogens is 4. The number of amides is 1. The largest absolute Gasteiger partial charge is 0.573 e. The summed E-state index contributed by atoms with van der Waals surface area (Å²) in [4.78, 5) is 12.3. The van der Waals surface area contributed by atoms with Crippen molar-refractivity contribution in [3.63, 3.8) is 0 Å². The molecule has 1 amide bonds. The van der Waals surface area contributed by atoms with Crippen LogP contribution in [0.25, 0.3) is 10.8 Å². The Labute approximate surface area is 208 Å². The molecule has 0 radical (unpaired) electrons. The average molecular weight is 515 g/mol. The minimum Gasteiger partial charge on any atom is -0.506 e. The Balaban J connectivity index is 1.48. The average Bonchev–Trinajstić information content (AvgIpc) is 2.84. The van der Waals surface area contributed by atoms with Crippen LogP contribution in [-0.4, -0.2) is 23.6 Å². The number of nitrogens with zero attached hydrogens (tertiary/aromatic N) is 1. The second-order valence-electron chi connectivity index (χ2n) is 7.55. The van der Waals surface area contributed by atoms with Gasteiger partial charge in [-0.15, -0.1) is 13.2 Å². The Kier molecular flexibility index (Phi) is 7.30. The summed E-state index contributed by atoms with van der Waals surface area (Å²) in [5, 5.41) is 15.1. The summed E-state index contributed by atoms with van der Waals surface area (Å²) in [7, 11) is 0. The highest BCUT2D eigenvalue weighted by Crippen LogP contribution is 2.29. The van der Waals surface area contributed by atoms with E-state index >= 15 is 0 Å². The van der Waals surface area contributed by atoms with Crippen molar-refractivity contribution in [2.24, 2.45) is 5.10 Å². The van der Waals surface area contributed by atoms with Crippen LogP contribution in [-0.2, 0) is 6.61 Å². The number of carbonyl (C=O) groups excluding carboxylic acids is 1. The van der Waals surface area contributed by atoms with Gasteiger partial charge >= 0.3 is 6.36 Å². The fourth-order valence-electron chi connectivity index (χ4n) is 3.40. The zero-order valence-electron chi connectivity index (χ0n) is 18.4. The molecular weight excluding hydrogens is 497 g/mol. The number of rotatable bonds is 7. The molecule has 0 atom stereocenters. The summed E-state index contributed by atoms with van der Waals surface area (Å²) in [5.41, 5.74) is 3.84. The van der Waals surface area contributed by atoms with E-state index in [0.29, 0.717) is 16.9 Å². The minimum atomic E-state index is -4.77. The summed E-state index contributed by atoms with van der Waals surface area (Å²) in [6.45, 7) is 0.0255. The van der Waals surface area contributed by atoms with Gasteiger partial charge in [-0.1, -0.05) is 48.0 Å². The van der Waals surface area contributed by atoms with Gasteiger partial charge in [-0.3, -0.25) is 4.79 Å². The summed E-state index contributed by atoms with van der Waals surface area (Å²) in [6.07, 6.45) is -3.30. The number of hydrogen-bond donors (Lipinski definition) is 2. The monoisotopic (exact) mass is 514 g/mol. The van der Waals surface area contributed by atoms with Crippen LogP contribution in [0.5, 0.6) is 17.2 Å². The third-order valence-electron chi connectivity index (χ3n) is 5.02. The molecule has 0 saturated heterocycles. The maximum Gasteiger partial charge on any atom is 0.573 e. The highest BCUT2D eigenvalue weighted by molar-refractivity contribution is 6.32. The van der Waals surface area contributed by atoms with Gasteiger partial charge in [-0.25, -0.2) is 5.43 Å². The molecule has 184 valence electrons. The third kappa shape index (κ3) is 6.25. The van der Waals surface area contributed by atoms with E-state index in [1.807, 2.05) is 24.3 Å². The second-order valence-corrected chi connectivity index (χ2v) is 7.95. The molecule has 36 heavy (non-hydrogen) atoms. The van der Waals surface area contributed by atoms with Gasteiger partial charge in [0.2, 0.25) is 0 Å². The van der Waals surface area contributed by atoms with Crippen molar-refractivity contribution in [3.8, 4) is 17.2 Å². The molecule has 0 aliphatic heterocycles. The number of hydrazone groups is 1. The van der Waals surface area contributed by atoms with Gasteiger partial charge in [0, 0.05) is 16.5 Å². The number of aromatic hydroxyl groups is 1. The van der Waals surface area contributed by atoms with Crippen molar-refractivity contribution in [3.05, 3.63) is 101 Å². The standard InChI is InChI=1S/C26H18ClF3N2O4/c27-22-13-17(8-10-23(22)33)25(34)32-31-14-18-9-11-24(21-7-2-1-6-20(18)21)35-15-16-4-3-5-19(12-16)36-26(28,29)30/h1-14,33H,15H2,(H,32,34). The molecule has 10 heteroatoms. The van der Waals surface area contributed by atoms with E-state index < -0.39 is 12.3 Å². The molecule has 0 unspecified atom stereocenters. The lowest BCUT2D eigenvalue weighted by atomic mass is 10.0. The molecule has 0 heterocycles. The summed E-state index contributed by atoms with van der Waals surface area (Å²) in [5.74, 6) is -0.439. The van der Waals surface area contributed by atoms with E-state index in [1.165, 1.54) is 42.6 Å². The molecule has 4 aromatic rings. The first-order valence-electron chi connectivity index (χ1n) is 10.5. The molecule has 0 aliphatic carbocycles. The lowest BCUT2D eigenvalue weighted by Gasteiger charge is -2.13. The first kappa shape index (κ1) is 24.9. The highest BCUT2D eigenvalue weighted by atomic mass is 35.5. The Hall–Kier alpha value is -4.24. The van der Waals surface area contributed by atoms with Gasteiger partial charge < -0.3 is 14.6 Å². The number of carbonyl (C=O) groups is 1. The number of nitrogens with one attached hydrogen (secondary N) is 1. The molecule has 2 N–H and O–H groups in total. The molecule has 0 fully saturated rings. The zero-order chi connectivity index (χ0) is 25.7. The first-order valence-corrected chi connectivity index (χ1v) is 10.9. The van der Waals surface area contributed by atoms with Crippen LogP contribution >= 0.6 is 11.6 Å². The number of hydrogen-bond acceptors (Lipinski definition) is 5. The molecule has 0 spiro atoms. The Bertz CT molecular complexity index is 1440. The van der Waals surface area contributed by atoms with E-state index in [-0.39, 0.29) is 28.7 Å². The molecular formula is C26H18ClF3N2O4. The van der Waals surface area contributed by atoms with Crippen molar-refractivity contribution in [1.29, 1.82) is 0 Å². The smallest absolute Gasteiger partial charge is 0.506 e. The topological polar surface area (TPSA) is 80.2 Å². The molecule has 0 aromatic heterocycles. The third-order valence-corrected chi connectivity index (χ3v) is 5.33. The van der Waals surface area contributed by atoms with Gasteiger partial charge in [-0.05, 0) is 53.4 Å². The number of fused-ring (bicyclic) bond motifs is 1. The molecule has 6 nitrogen and oxygen atoms in total. The summed E-state index contributed by atoms with van der Waals surface area (Å²) in [6, 6.07) is 20.4. The van der Waals surface area contributed by atoms with Crippen molar-refractivity contribution >= 4 is 34.5 Å². The van der Waals surface area contributed by atoms with Gasteiger partial charge in [0.1, 0.15) is 23.9 Å². The number of benzene rings is 4. The van der Waals surface area contributed by atoms with Gasteiger partial charge in [0.25, 0.3) is 5.91 Å². The molecule has 0 bridgehead atoms. The van der Waals surface area contributed by atoms with Crippen LogP contribution in [0.1, 0.15) is 21.5 Å². The maximum atomic E-state index is 12.5. The predicted octanol–water partition coefficient (Wildman–Crippen LogP) is 6.44. The number of ether oxygens (including phenoxy) is 2. The predicted molar refractivity (Wildman–Crippen MR) is 130 cm³/mol. The van der Waals surface area contributed by atoms with Gasteiger partial charge in [0.05, 0.1) is 11.2 Å². The van der Waals surface area contributed by atoms with Crippen LogP contribution in [0.2, 0.25) is 5.02 Å². The Morgan fingerprint density at radius 3 is 2.53 bits per heavy atom. The fourth-order valence-corrected chi connectivity index (χ4v) is 3.58. The minimum absolute atomic E-state index is 0.0255. The molecule has 0 aliphatic rings. The molecule has 4 aromatic carbocycles. The lowest BCUT2D eigenvalue weighted by molar-refractivity contribution is -0.274. The number of phenolic OH excluding ortho intramolecular Hbond substituents is 1. The van der Waals surface area contributed by atoms with Crippen LogP contribution < -0.4 is 14.9 Å². The number of phenols is 1. The summed E-state index contributed by atoms with van der Waals surface area (Å²) >= 11 is 5.83. The quantitative estimate of drug-likeness (QED) is 0.220. The first-order chi connectivity index (χ1) is 17.2. The van der Waals surface area contributed by atoms with Crippen molar-refractivity contribution < 1.29 is 32.5 Å². The molecule has 0 saturated carbocycles. The fraction of sp³-hybridized carbons (Fsp3) is 0.0769. The zero-order valence-corrected chi connectivity index (χ0v) is 19.2. The van der Waals surface area contributed by atoms with Crippen LogP contribution in [0.4, 0.5) is 13.2 Å². The van der Waals surface area contributed by atoms with E-state index in [9.17, 15) is 23.1 Å². The summed E-state index contributed by atoms with van der Waals surface area (Å²) < 4.78 is 47.3. The van der Waals surface area contributed by atoms with E-state index in [1.54, 1.807) is 18.2 Å². The SMILES string of the molecule is O=C(NN=Cc1ccc(OCc2cccc(OC(F)(F)F)c2)c2ccccc12)c1ccc(O)c(Cl)c1. The normalized spacial score (nSPS) is 11.6. The van der Waals surface area contributed by atoms with Crippen LogP contribution in [0, 0.1) is 0 Å². The Morgan fingerprint density at radius 2 is 1.78 bits per heavy atom. The van der Waals surface area contributed by atoms with Crippen LogP contribution in [0.15, 0.2) is 84.0 Å². The maximum absolute atomic E-state index is 12.5. The van der Waals surface area contributed by atoms with Crippen molar-refractivity contribution in [2.45, 2.75) is 13.0 Å². The Morgan fingerprint density at radius 1 is 1.00 bits per heavy atom. The second kappa shape index (κ2) is 10.6. The van der Waals surface area contributed by atoms with E-state index in [4.69, 9.17) is 16.3 Å². The lowest BCUT2D eigenvalue weighted by Crippen LogP contribution is -2.17. The van der Waals surface area contributed by atoms with E-state index in [2.05, 4.69) is 15.3 Å².